The molecule has 0 unspecified atom stereocenters. The Morgan fingerprint density at radius 3 is 2.36 bits per heavy atom. The number of allylic oxidation sites excluding steroid dienone is 2. The quantitative estimate of drug-likeness (QED) is 0.534. The monoisotopic (exact) mass is 194 g/mol. The molecule has 0 nitrogen and oxygen atoms in total. The largest absolute Gasteiger partial charge is 0.0851 e. The summed E-state index contributed by atoms with van der Waals surface area (Å²) in [6.07, 6.45) is 15.2. The number of hydrogen-bond donors (Lipinski definition) is 0. The van der Waals surface area contributed by atoms with Crippen molar-refractivity contribution >= 4 is 0 Å². The Bertz CT molecular complexity index is 161. The van der Waals surface area contributed by atoms with Gasteiger partial charge in [-0.25, -0.2) is 0 Å². The molecule has 1 aliphatic rings. The standard InChI is InChI=1S/C14H26/c1-3-5-10-13(9-4-2)14-11-7-6-8-12-14/h10,14H,3-9,11-12H2,1-2H3. The van der Waals surface area contributed by atoms with Gasteiger partial charge in [0.2, 0.25) is 0 Å². The highest BCUT2D eigenvalue weighted by atomic mass is 14.2. The molecule has 0 spiro atoms. The third kappa shape index (κ3) is 3.86. The van der Waals surface area contributed by atoms with Crippen LogP contribution in [0, 0.1) is 5.92 Å². The van der Waals surface area contributed by atoms with E-state index in [4.69, 9.17) is 0 Å². The van der Waals surface area contributed by atoms with Gasteiger partial charge in [0.1, 0.15) is 0 Å². The summed E-state index contributed by atoms with van der Waals surface area (Å²) in [5.41, 5.74) is 1.79. The molecule has 0 radical (unpaired) electrons. The van der Waals surface area contributed by atoms with Gasteiger partial charge in [-0.15, -0.1) is 0 Å². The molecular weight excluding hydrogens is 168 g/mol. The van der Waals surface area contributed by atoms with Gasteiger partial charge >= 0.3 is 0 Å². The van der Waals surface area contributed by atoms with Crippen molar-refractivity contribution in [2.45, 2.75) is 71.6 Å². The van der Waals surface area contributed by atoms with Crippen LogP contribution in [0.15, 0.2) is 11.6 Å². The van der Waals surface area contributed by atoms with Crippen molar-refractivity contribution in [1.29, 1.82) is 0 Å². The van der Waals surface area contributed by atoms with E-state index in [0.717, 1.165) is 5.92 Å². The fourth-order valence-corrected chi connectivity index (χ4v) is 2.56. The minimum absolute atomic E-state index is 0.954. The van der Waals surface area contributed by atoms with Crippen LogP contribution in [0.25, 0.3) is 0 Å². The second kappa shape index (κ2) is 7.09. The molecule has 0 aromatic heterocycles. The maximum atomic E-state index is 2.54. The Morgan fingerprint density at radius 2 is 1.79 bits per heavy atom. The van der Waals surface area contributed by atoms with Crippen molar-refractivity contribution in [2.75, 3.05) is 0 Å². The van der Waals surface area contributed by atoms with Crippen LogP contribution in [-0.2, 0) is 0 Å². The van der Waals surface area contributed by atoms with E-state index >= 15 is 0 Å². The fourth-order valence-electron chi connectivity index (χ4n) is 2.56. The van der Waals surface area contributed by atoms with Gasteiger partial charge in [-0.2, -0.15) is 0 Å². The summed E-state index contributed by atoms with van der Waals surface area (Å²) >= 11 is 0. The first kappa shape index (κ1) is 11.8. The van der Waals surface area contributed by atoms with Gasteiger partial charge in [-0.3, -0.25) is 0 Å². The lowest BCUT2D eigenvalue weighted by Gasteiger charge is -2.24. The first-order chi connectivity index (χ1) is 6.88. The van der Waals surface area contributed by atoms with E-state index < -0.39 is 0 Å². The molecule has 0 N–H and O–H groups in total. The molecule has 0 heteroatoms. The van der Waals surface area contributed by atoms with Gasteiger partial charge in [0.25, 0.3) is 0 Å². The van der Waals surface area contributed by atoms with Crippen LogP contribution >= 0.6 is 0 Å². The molecule has 0 atom stereocenters. The van der Waals surface area contributed by atoms with Gasteiger partial charge in [-0.05, 0) is 31.6 Å². The molecule has 0 bridgehead atoms. The van der Waals surface area contributed by atoms with Crippen LogP contribution in [0.3, 0.4) is 0 Å². The summed E-state index contributed by atoms with van der Waals surface area (Å²) in [6, 6.07) is 0. The van der Waals surface area contributed by atoms with Crippen LogP contribution in [-0.4, -0.2) is 0 Å². The highest BCUT2D eigenvalue weighted by Crippen LogP contribution is 2.32. The molecule has 0 aromatic carbocycles. The topological polar surface area (TPSA) is 0 Å². The Morgan fingerprint density at radius 1 is 1.07 bits per heavy atom. The van der Waals surface area contributed by atoms with Gasteiger partial charge in [0.15, 0.2) is 0 Å². The van der Waals surface area contributed by atoms with E-state index in [1.54, 1.807) is 5.57 Å². The van der Waals surface area contributed by atoms with Gasteiger partial charge in [0, 0.05) is 0 Å². The zero-order valence-electron chi connectivity index (χ0n) is 10.0. The Hall–Kier alpha value is -0.260. The van der Waals surface area contributed by atoms with E-state index in [1.165, 1.54) is 57.8 Å². The van der Waals surface area contributed by atoms with Crippen molar-refractivity contribution in [3.05, 3.63) is 11.6 Å². The highest BCUT2D eigenvalue weighted by molar-refractivity contribution is 5.07. The lowest BCUT2D eigenvalue weighted by Crippen LogP contribution is -2.09. The molecule has 1 aliphatic carbocycles. The van der Waals surface area contributed by atoms with Gasteiger partial charge < -0.3 is 0 Å². The SMILES string of the molecule is CCCC=C(CCC)C1CCCCC1. The number of hydrogen-bond acceptors (Lipinski definition) is 0. The average molecular weight is 194 g/mol. The number of rotatable bonds is 5. The van der Waals surface area contributed by atoms with Crippen LogP contribution < -0.4 is 0 Å². The lowest BCUT2D eigenvalue weighted by atomic mass is 9.81. The lowest BCUT2D eigenvalue weighted by molar-refractivity contribution is 0.393. The van der Waals surface area contributed by atoms with Crippen molar-refractivity contribution in [2.24, 2.45) is 5.92 Å². The summed E-state index contributed by atoms with van der Waals surface area (Å²) in [5, 5.41) is 0. The normalized spacial score (nSPS) is 20.0. The molecular formula is C14H26. The summed E-state index contributed by atoms with van der Waals surface area (Å²) in [4.78, 5) is 0. The van der Waals surface area contributed by atoms with Crippen molar-refractivity contribution in [3.63, 3.8) is 0 Å². The van der Waals surface area contributed by atoms with Crippen LogP contribution in [0.5, 0.6) is 0 Å². The Balaban J connectivity index is 2.46. The molecule has 0 saturated heterocycles. The molecule has 0 heterocycles. The molecule has 0 amide bonds. The van der Waals surface area contributed by atoms with E-state index in [-0.39, 0.29) is 0 Å². The minimum Gasteiger partial charge on any atom is -0.0851 e. The third-order valence-electron chi connectivity index (χ3n) is 3.36. The molecule has 1 saturated carbocycles. The molecule has 1 rings (SSSR count). The van der Waals surface area contributed by atoms with E-state index in [2.05, 4.69) is 19.9 Å². The zero-order chi connectivity index (χ0) is 10.2. The predicted octanol–water partition coefficient (Wildman–Crippen LogP) is 5.09. The van der Waals surface area contributed by atoms with Gasteiger partial charge in [0.05, 0.1) is 0 Å². The van der Waals surface area contributed by atoms with Crippen LogP contribution in [0.2, 0.25) is 0 Å². The number of unbranched alkanes of at least 4 members (excludes halogenated alkanes) is 1. The summed E-state index contributed by atoms with van der Waals surface area (Å²) in [6.45, 7) is 4.59. The zero-order valence-corrected chi connectivity index (χ0v) is 10.0. The van der Waals surface area contributed by atoms with E-state index in [9.17, 15) is 0 Å². The van der Waals surface area contributed by atoms with Gasteiger partial charge in [-0.1, -0.05) is 57.6 Å². The maximum Gasteiger partial charge on any atom is -0.0203 e. The smallest absolute Gasteiger partial charge is 0.0203 e. The Labute approximate surface area is 89.8 Å². The van der Waals surface area contributed by atoms with Crippen LogP contribution in [0.4, 0.5) is 0 Å². The fraction of sp³-hybridized carbons (Fsp3) is 0.857. The first-order valence-electron chi connectivity index (χ1n) is 6.57. The molecule has 82 valence electrons. The molecule has 0 aromatic rings. The summed E-state index contributed by atoms with van der Waals surface area (Å²) in [7, 11) is 0. The Kier molecular flexibility index (Phi) is 5.98. The molecule has 1 fully saturated rings. The van der Waals surface area contributed by atoms with E-state index in [0.29, 0.717) is 0 Å². The minimum atomic E-state index is 0.954. The van der Waals surface area contributed by atoms with Crippen LogP contribution in [0.1, 0.15) is 71.6 Å². The summed E-state index contributed by atoms with van der Waals surface area (Å²) < 4.78 is 0. The second-order valence-corrected chi connectivity index (χ2v) is 4.65. The summed E-state index contributed by atoms with van der Waals surface area (Å²) in [5.74, 6) is 0.954. The van der Waals surface area contributed by atoms with E-state index in [1.807, 2.05) is 0 Å². The second-order valence-electron chi connectivity index (χ2n) is 4.65. The predicted molar refractivity (Wildman–Crippen MR) is 64.5 cm³/mol. The average Bonchev–Trinajstić information content (AvgIpc) is 2.25. The van der Waals surface area contributed by atoms with Crippen molar-refractivity contribution in [3.8, 4) is 0 Å². The maximum absolute atomic E-state index is 2.54. The van der Waals surface area contributed by atoms with Crippen molar-refractivity contribution < 1.29 is 0 Å². The molecule has 0 aliphatic heterocycles. The van der Waals surface area contributed by atoms with Crippen molar-refractivity contribution in [1.82, 2.24) is 0 Å². The molecule has 14 heavy (non-hydrogen) atoms. The first-order valence-corrected chi connectivity index (χ1v) is 6.57. The highest BCUT2D eigenvalue weighted by Gasteiger charge is 2.16. The third-order valence-corrected chi connectivity index (χ3v) is 3.36.